The van der Waals surface area contributed by atoms with Crippen LogP contribution >= 0.6 is 0 Å². The van der Waals surface area contributed by atoms with Gasteiger partial charge in [0.15, 0.2) is 0 Å². The number of hydrogen-bond acceptors (Lipinski definition) is 7. The lowest BCUT2D eigenvalue weighted by Crippen LogP contribution is -2.33. The van der Waals surface area contributed by atoms with Gasteiger partial charge in [-0.25, -0.2) is 9.80 Å². The molecule has 2 N–H and O–H groups in total. The zero-order valence-electron chi connectivity index (χ0n) is 15.5. The first-order valence-electron chi connectivity index (χ1n) is 9.15. The summed E-state index contributed by atoms with van der Waals surface area (Å²) in [4.78, 5) is 24.9. The molecule has 146 valence electrons. The molecule has 1 saturated heterocycles. The molecule has 4 rings (SSSR count). The maximum Gasteiger partial charge on any atom is 0.414 e. The Morgan fingerprint density at radius 2 is 2.32 bits per heavy atom. The quantitative estimate of drug-likeness (QED) is 0.747. The first kappa shape index (κ1) is 18.1. The minimum Gasteiger partial charge on any atom is -0.492 e. The maximum atomic E-state index is 12.3. The van der Waals surface area contributed by atoms with E-state index in [1.165, 1.54) is 12.5 Å². The molecule has 1 atom stereocenters. The van der Waals surface area contributed by atoms with E-state index in [0.29, 0.717) is 37.7 Å². The molecule has 1 fully saturated rings. The first-order valence-corrected chi connectivity index (χ1v) is 9.15. The number of amides is 2. The molecular formula is C19H21N5O4. The lowest BCUT2D eigenvalue weighted by Gasteiger charge is -2.19. The lowest BCUT2D eigenvalue weighted by molar-refractivity contribution is -0.119. The zero-order valence-corrected chi connectivity index (χ0v) is 15.5. The first-order chi connectivity index (χ1) is 13.5. The van der Waals surface area contributed by atoms with E-state index in [0.717, 1.165) is 17.7 Å². The van der Waals surface area contributed by atoms with Crippen molar-refractivity contribution in [1.82, 2.24) is 15.8 Å². The van der Waals surface area contributed by atoms with Crippen molar-refractivity contribution >= 4 is 23.4 Å². The molecule has 1 unspecified atom stereocenters. The Balaban J connectivity index is 1.54. The van der Waals surface area contributed by atoms with Gasteiger partial charge in [-0.2, -0.15) is 5.26 Å². The summed E-state index contributed by atoms with van der Waals surface area (Å²) in [6, 6.07) is 7.76. The SMILES string of the molecule is CC(=O)NCC1CN(c2ccc3c(c2)OCCC2=C3NN(CC#N)C2)C(=O)O1. The zero-order chi connectivity index (χ0) is 19.7. The van der Waals surface area contributed by atoms with E-state index in [1.54, 1.807) is 4.90 Å². The molecule has 1 aromatic carbocycles. The van der Waals surface area contributed by atoms with Crippen molar-refractivity contribution in [3.63, 3.8) is 0 Å². The van der Waals surface area contributed by atoms with Gasteiger partial charge in [-0.3, -0.25) is 9.69 Å². The number of hydrogen-bond donors (Lipinski definition) is 2. The van der Waals surface area contributed by atoms with E-state index in [2.05, 4.69) is 16.8 Å². The fourth-order valence-electron chi connectivity index (χ4n) is 3.61. The summed E-state index contributed by atoms with van der Waals surface area (Å²) in [6.45, 7) is 3.60. The largest absolute Gasteiger partial charge is 0.492 e. The lowest BCUT2D eigenvalue weighted by atomic mass is 10.1. The van der Waals surface area contributed by atoms with Crippen LogP contribution in [0.2, 0.25) is 0 Å². The molecule has 0 aromatic heterocycles. The predicted octanol–water partition coefficient (Wildman–Crippen LogP) is 0.985. The highest BCUT2D eigenvalue weighted by atomic mass is 16.6. The second-order valence-corrected chi connectivity index (χ2v) is 6.94. The Morgan fingerprint density at radius 3 is 3.11 bits per heavy atom. The van der Waals surface area contributed by atoms with Gasteiger partial charge < -0.3 is 20.2 Å². The summed E-state index contributed by atoms with van der Waals surface area (Å²) in [7, 11) is 0. The number of cyclic esters (lactones) is 1. The summed E-state index contributed by atoms with van der Waals surface area (Å²) >= 11 is 0. The Bertz CT molecular complexity index is 891. The van der Waals surface area contributed by atoms with Crippen LogP contribution in [0, 0.1) is 11.3 Å². The normalized spacial score (nSPS) is 21.1. The number of benzene rings is 1. The summed E-state index contributed by atoms with van der Waals surface area (Å²) < 4.78 is 11.3. The standard InChI is InChI=1S/C19H21N5O4/c1-12(25)21-9-15-11-24(19(26)28-15)14-2-3-16-17(8-14)27-7-4-13-10-23(6-5-20)22-18(13)16/h2-3,8,15,22H,4,6-7,9-11H2,1H3,(H,21,25). The van der Waals surface area contributed by atoms with E-state index >= 15 is 0 Å². The average molecular weight is 383 g/mol. The highest BCUT2D eigenvalue weighted by Gasteiger charge is 2.33. The number of ether oxygens (including phenoxy) is 2. The molecule has 0 radical (unpaired) electrons. The molecule has 0 spiro atoms. The third-order valence-electron chi connectivity index (χ3n) is 4.93. The number of nitrogens with zero attached hydrogens (tertiary/aromatic N) is 3. The van der Waals surface area contributed by atoms with Crippen molar-refractivity contribution in [3.8, 4) is 11.8 Å². The van der Waals surface area contributed by atoms with Gasteiger partial charge in [0.05, 0.1) is 37.2 Å². The molecule has 3 heterocycles. The summed E-state index contributed by atoms with van der Waals surface area (Å²) in [6.07, 6.45) is -0.0526. The number of nitriles is 1. The molecule has 9 nitrogen and oxygen atoms in total. The molecular weight excluding hydrogens is 362 g/mol. The van der Waals surface area contributed by atoms with E-state index < -0.39 is 6.09 Å². The number of nitrogens with one attached hydrogen (secondary N) is 2. The molecule has 0 bridgehead atoms. The number of carbonyl (C=O) groups excluding carboxylic acids is 2. The molecule has 2 amide bonds. The van der Waals surface area contributed by atoms with Crippen molar-refractivity contribution < 1.29 is 19.1 Å². The van der Waals surface area contributed by atoms with Gasteiger partial charge in [-0.15, -0.1) is 0 Å². The Hall–Kier alpha value is -3.25. The number of anilines is 1. The highest BCUT2D eigenvalue weighted by molar-refractivity contribution is 5.91. The van der Waals surface area contributed by atoms with E-state index in [-0.39, 0.29) is 18.6 Å². The molecule has 0 aliphatic carbocycles. The average Bonchev–Trinajstić information content (AvgIpc) is 3.19. The highest BCUT2D eigenvalue weighted by Crippen LogP contribution is 2.37. The van der Waals surface area contributed by atoms with Crippen LogP contribution in [-0.2, 0) is 9.53 Å². The predicted molar refractivity (Wildman–Crippen MR) is 100 cm³/mol. The number of carbonyl (C=O) groups is 2. The van der Waals surface area contributed by atoms with Crippen molar-refractivity contribution in [2.45, 2.75) is 19.4 Å². The van der Waals surface area contributed by atoms with Crippen LogP contribution in [0.15, 0.2) is 23.8 Å². The third-order valence-corrected chi connectivity index (χ3v) is 4.93. The van der Waals surface area contributed by atoms with E-state index in [1.807, 2.05) is 23.2 Å². The Kier molecular flexibility index (Phi) is 4.79. The fraction of sp³-hybridized carbons (Fsp3) is 0.421. The van der Waals surface area contributed by atoms with Crippen LogP contribution in [0.5, 0.6) is 5.75 Å². The van der Waals surface area contributed by atoms with Gasteiger partial charge in [0.1, 0.15) is 18.4 Å². The number of fused-ring (bicyclic) bond motifs is 2. The van der Waals surface area contributed by atoms with Crippen molar-refractivity contribution in [2.24, 2.45) is 0 Å². The van der Waals surface area contributed by atoms with Crippen LogP contribution in [0.3, 0.4) is 0 Å². The van der Waals surface area contributed by atoms with E-state index in [4.69, 9.17) is 14.7 Å². The summed E-state index contributed by atoms with van der Waals surface area (Å²) in [5, 5.41) is 13.5. The fourth-order valence-corrected chi connectivity index (χ4v) is 3.61. The molecule has 9 heteroatoms. The van der Waals surface area contributed by atoms with Gasteiger partial charge in [0, 0.05) is 31.5 Å². The maximum absolute atomic E-state index is 12.3. The van der Waals surface area contributed by atoms with Crippen LogP contribution in [0.4, 0.5) is 10.5 Å². The minimum absolute atomic E-state index is 0.161. The molecule has 1 aromatic rings. The molecule has 28 heavy (non-hydrogen) atoms. The van der Waals surface area contributed by atoms with Crippen LogP contribution in [-0.4, -0.2) is 55.9 Å². The third kappa shape index (κ3) is 3.46. The Morgan fingerprint density at radius 1 is 1.46 bits per heavy atom. The topological polar surface area (TPSA) is 107 Å². The summed E-state index contributed by atoms with van der Waals surface area (Å²) in [5.74, 6) is 0.526. The number of rotatable bonds is 4. The molecule has 0 saturated carbocycles. The van der Waals surface area contributed by atoms with Gasteiger partial charge in [-0.1, -0.05) is 0 Å². The summed E-state index contributed by atoms with van der Waals surface area (Å²) in [5.41, 5.74) is 7.07. The van der Waals surface area contributed by atoms with Crippen LogP contribution < -0.4 is 20.4 Å². The molecule has 3 aliphatic heterocycles. The monoisotopic (exact) mass is 383 g/mol. The van der Waals surface area contributed by atoms with Crippen molar-refractivity contribution in [2.75, 3.05) is 37.7 Å². The molecule has 3 aliphatic rings. The second kappa shape index (κ2) is 7.40. The van der Waals surface area contributed by atoms with Gasteiger partial charge in [-0.05, 0) is 17.7 Å². The number of hydrazine groups is 1. The minimum atomic E-state index is -0.442. The van der Waals surface area contributed by atoms with Gasteiger partial charge in [0.2, 0.25) is 5.91 Å². The second-order valence-electron chi connectivity index (χ2n) is 6.94. The van der Waals surface area contributed by atoms with Crippen molar-refractivity contribution in [3.05, 3.63) is 29.3 Å². The van der Waals surface area contributed by atoms with Crippen LogP contribution in [0.1, 0.15) is 18.9 Å². The van der Waals surface area contributed by atoms with Gasteiger partial charge in [0.25, 0.3) is 0 Å². The van der Waals surface area contributed by atoms with Crippen LogP contribution in [0.25, 0.3) is 5.70 Å². The van der Waals surface area contributed by atoms with E-state index in [9.17, 15) is 9.59 Å². The smallest absolute Gasteiger partial charge is 0.414 e. The van der Waals surface area contributed by atoms with Gasteiger partial charge >= 0.3 is 6.09 Å². The Labute approximate surface area is 162 Å². The van der Waals surface area contributed by atoms with Crippen molar-refractivity contribution in [1.29, 1.82) is 5.26 Å².